The molecule has 0 N–H and O–H groups in total. The van der Waals surface area contributed by atoms with E-state index in [1.165, 1.54) is 52.8 Å². The highest BCUT2D eigenvalue weighted by atomic mass is 32.1. The highest BCUT2D eigenvalue weighted by Crippen LogP contribution is 2.38. The summed E-state index contributed by atoms with van der Waals surface area (Å²) in [6, 6.07) is 60.4. The summed E-state index contributed by atoms with van der Waals surface area (Å²) in [5.41, 5.74) is 6.34. The monoisotopic (exact) mass is 680 g/mol. The number of aromatic nitrogens is 4. The Morgan fingerprint density at radius 1 is 0.365 bits per heavy atom. The first-order chi connectivity index (χ1) is 25.7. The molecule has 0 fully saturated rings. The van der Waals surface area contributed by atoms with Gasteiger partial charge in [0, 0.05) is 53.3 Å². The molecule has 8 aromatic carbocycles. The largest absolute Gasteiger partial charge is 0.309 e. The van der Waals surface area contributed by atoms with E-state index in [-0.39, 0.29) is 0 Å². The number of nitrogens with zero attached hydrogens (tertiary/aromatic N) is 4. The molecule has 52 heavy (non-hydrogen) atoms. The predicted octanol–water partition coefficient (Wildman–Crippen LogP) is 12.6. The van der Waals surface area contributed by atoms with E-state index in [9.17, 15) is 0 Å². The van der Waals surface area contributed by atoms with Crippen LogP contribution in [-0.2, 0) is 0 Å². The zero-order chi connectivity index (χ0) is 34.2. The Morgan fingerprint density at radius 3 is 1.83 bits per heavy atom. The summed E-state index contributed by atoms with van der Waals surface area (Å²) in [7, 11) is 0. The van der Waals surface area contributed by atoms with Crippen LogP contribution in [0.25, 0.3) is 103 Å². The van der Waals surface area contributed by atoms with Gasteiger partial charge < -0.3 is 4.57 Å². The lowest BCUT2D eigenvalue weighted by Gasteiger charge is -2.12. The van der Waals surface area contributed by atoms with Crippen molar-refractivity contribution in [2.45, 2.75) is 0 Å². The smallest absolute Gasteiger partial charge is 0.164 e. The van der Waals surface area contributed by atoms with Crippen LogP contribution in [-0.4, -0.2) is 19.5 Å². The van der Waals surface area contributed by atoms with E-state index in [4.69, 9.17) is 15.0 Å². The molecule has 5 heteroatoms. The van der Waals surface area contributed by atoms with Gasteiger partial charge in [-0.15, -0.1) is 11.3 Å². The van der Waals surface area contributed by atoms with Gasteiger partial charge in [0.1, 0.15) is 0 Å². The summed E-state index contributed by atoms with van der Waals surface area (Å²) in [4.78, 5) is 15.5. The van der Waals surface area contributed by atoms with Crippen molar-refractivity contribution in [3.63, 3.8) is 0 Å². The van der Waals surface area contributed by atoms with Gasteiger partial charge in [0.15, 0.2) is 17.5 Å². The molecule has 242 valence electrons. The minimum absolute atomic E-state index is 0.642. The van der Waals surface area contributed by atoms with Crippen molar-refractivity contribution < 1.29 is 0 Å². The maximum atomic E-state index is 5.15. The van der Waals surface area contributed by atoms with Crippen LogP contribution < -0.4 is 0 Å². The van der Waals surface area contributed by atoms with Crippen LogP contribution in [0.2, 0.25) is 0 Å². The summed E-state index contributed by atoms with van der Waals surface area (Å²) >= 11 is 1.81. The van der Waals surface area contributed by atoms with Crippen molar-refractivity contribution in [1.82, 2.24) is 19.5 Å². The zero-order valence-corrected chi connectivity index (χ0v) is 28.7. The van der Waals surface area contributed by atoms with Gasteiger partial charge in [0.05, 0.1) is 11.0 Å². The first kappa shape index (κ1) is 29.1. The number of benzene rings is 8. The molecule has 0 aliphatic carbocycles. The molecule has 0 atom stereocenters. The van der Waals surface area contributed by atoms with Crippen molar-refractivity contribution in [1.29, 1.82) is 0 Å². The van der Waals surface area contributed by atoms with E-state index in [0.29, 0.717) is 17.5 Å². The fraction of sp³-hybridized carbons (Fsp3) is 0. The average molecular weight is 681 g/mol. The number of fused-ring (bicyclic) bond motifs is 8. The van der Waals surface area contributed by atoms with Crippen LogP contribution in [0.3, 0.4) is 0 Å². The quantitative estimate of drug-likeness (QED) is 0.186. The molecular formula is C47H28N4S. The second-order valence-corrected chi connectivity index (χ2v) is 14.3. The molecule has 0 aliphatic heterocycles. The van der Waals surface area contributed by atoms with Crippen molar-refractivity contribution >= 4 is 74.9 Å². The number of para-hydroxylation sites is 1. The molecule has 0 unspecified atom stereocenters. The minimum atomic E-state index is 0.642. The lowest BCUT2D eigenvalue weighted by atomic mass is 10.0. The zero-order valence-electron chi connectivity index (χ0n) is 27.9. The molecule has 4 nitrogen and oxygen atoms in total. The molecule has 0 amide bonds. The lowest BCUT2D eigenvalue weighted by Crippen LogP contribution is -2.01. The van der Waals surface area contributed by atoms with E-state index in [1.54, 1.807) is 0 Å². The van der Waals surface area contributed by atoms with Gasteiger partial charge in [0.2, 0.25) is 0 Å². The van der Waals surface area contributed by atoms with Crippen molar-refractivity contribution in [3.05, 3.63) is 170 Å². The summed E-state index contributed by atoms with van der Waals surface area (Å²) in [5, 5.41) is 9.69. The van der Waals surface area contributed by atoms with Gasteiger partial charge in [-0.05, 0) is 88.3 Å². The van der Waals surface area contributed by atoms with E-state index >= 15 is 0 Å². The summed E-state index contributed by atoms with van der Waals surface area (Å²) < 4.78 is 4.89. The first-order valence-corrected chi connectivity index (χ1v) is 18.3. The summed E-state index contributed by atoms with van der Waals surface area (Å²) in [5.74, 6) is 1.96. The molecular weight excluding hydrogens is 653 g/mol. The van der Waals surface area contributed by atoms with Crippen LogP contribution >= 0.6 is 11.3 Å². The van der Waals surface area contributed by atoms with E-state index in [1.807, 2.05) is 11.3 Å². The van der Waals surface area contributed by atoms with Crippen LogP contribution in [0.4, 0.5) is 0 Å². The highest BCUT2D eigenvalue weighted by Gasteiger charge is 2.17. The molecule has 3 aromatic heterocycles. The van der Waals surface area contributed by atoms with Gasteiger partial charge in [-0.1, -0.05) is 103 Å². The maximum absolute atomic E-state index is 5.15. The van der Waals surface area contributed by atoms with Crippen molar-refractivity contribution in [3.8, 4) is 39.9 Å². The number of hydrogen-bond acceptors (Lipinski definition) is 4. The molecule has 11 rings (SSSR count). The summed E-state index contributed by atoms with van der Waals surface area (Å²) in [6.45, 7) is 0. The highest BCUT2D eigenvalue weighted by molar-refractivity contribution is 7.25. The van der Waals surface area contributed by atoms with Crippen LogP contribution in [0.15, 0.2) is 170 Å². The predicted molar refractivity (Wildman–Crippen MR) is 218 cm³/mol. The SMILES string of the molecule is c1ccc2cc3c(cc2c1)c1ccccc1n3-c1ccc(-c2nc(-c3ccc4sc5ccccc5c4c3)nc(-c3cccc4ccccc34)n2)cc1. The van der Waals surface area contributed by atoms with Crippen LogP contribution in [0, 0.1) is 0 Å². The molecule has 0 spiro atoms. The van der Waals surface area contributed by atoms with E-state index < -0.39 is 0 Å². The Hall–Kier alpha value is -6.69. The third-order valence-electron chi connectivity index (χ3n) is 10.2. The van der Waals surface area contributed by atoms with E-state index in [0.717, 1.165) is 33.2 Å². The van der Waals surface area contributed by atoms with Crippen LogP contribution in [0.5, 0.6) is 0 Å². The Kier molecular flexibility index (Phi) is 6.39. The molecule has 0 saturated heterocycles. The Labute approximate surface area is 302 Å². The van der Waals surface area contributed by atoms with Gasteiger partial charge in [-0.3, -0.25) is 0 Å². The standard InChI is InChI=1S/C47H28N4S/c1-2-12-32-28-42-39(26-31(32)11-1)36-15-5-7-18-41(36)51(42)34-23-20-30(21-24-34)45-48-46(33-22-25-44-40(27-33)37-16-6-8-19-43(37)52-44)50-47(49-45)38-17-9-13-29-10-3-4-14-35(29)38/h1-28H. The van der Waals surface area contributed by atoms with E-state index in [2.05, 4.69) is 174 Å². The lowest BCUT2D eigenvalue weighted by molar-refractivity contribution is 1.08. The molecule has 11 aromatic rings. The van der Waals surface area contributed by atoms with Gasteiger partial charge >= 0.3 is 0 Å². The molecule has 0 bridgehead atoms. The third kappa shape index (κ3) is 4.57. The molecule has 0 radical (unpaired) electrons. The first-order valence-electron chi connectivity index (χ1n) is 17.4. The van der Waals surface area contributed by atoms with Gasteiger partial charge in [-0.25, -0.2) is 15.0 Å². The number of hydrogen-bond donors (Lipinski definition) is 0. The topological polar surface area (TPSA) is 43.6 Å². The summed E-state index contributed by atoms with van der Waals surface area (Å²) in [6.07, 6.45) is 0. The Balaban J connectivity index is 1.09. The second kappa shape index (κ2) is 11.4. The molecule has 3 heterocycles. The average Bonchev–Trinajstić information content (AvgIpc) is 3.74. The minimum Gasteiger partial charge on any atom is -0.309 e. The fourth-order valence-electron chi connectivity index (χ4n) is 7.73. The molecule has 0 saturated carbocycles. The number of thiophene rings is 1. The Morgan fingerprint density at radius 2 is 0.981 bits per heavy atom. The van der Waals surface area contributed by atoms with Crippen LogP contribution in [0.1, 0.15) is 0 Å². The van der Waals surface area contributed by atoms with Crippen molar-refractivity contribution in [2.75, 3.05) is 0 Å². The third-order valence-corrected chi connectivity index (χ3v) is 11.4. The Bertz CT molecular complexity index is 3190. The second-order valence-electron chi connectivity index (χ2n) is 13.3. The number of rotatable bonds is 4. The fourth-order valence-corrected chi connectivity index (χ4v) is 8.82. The van der Waals surface area contributed by atoms with Crippen molar-refractivity contribution in [2.24, 2.45) is 0 Å². The van der Waals surface area contributed by atoms with Gasteiger partial charge in [0.25, 0.3) is 0 Å². The van der Waals surface area contributed by atoms with Gasteiger partial charge in [-0.2, -0.15) is 0 Å². The molecule has 0 aliphatic rings. The normalized spacial score (nSPS) is 11.8. The maximum Gasteiger partial charge on any atom is 0.164 e.